The van der Waals surface area contributed by atoms with Crippen molar-refractivity contribution in [1.29, 1.82) is 0 Å². The first-order valence-electron chi connectivity index (χ1n) is 5.06. The number of esters is 1. The third-order valence-electron chi connectivity index (χ3n) is 2.22. The van der Waals surface area contributed by atoms with Crippen molar-refractivity contribution in [2.24, 2.45) is 0 Å². The van der Waals surface area contributed by atoms with Crippen LogP contribution >= 0.6 is 23.2 Å². The number of nitrogens with zero attached hydrogens (tertiary/aromatic N) is 2. The van der Waals surface area contributed by atoms with Crippen molar-refractivity contribution in [3.8, 4) is 0 Å². The van der Waals surface area contributed by atoms with E-state index in [2.05, 4.69) is 4.98 Å². The van der Waals surface area contributed by atoms with Gasteiger partial charge in [0.25, 0.3) is 0 Å². The fourth-order valence-electron chi connectivity index (χ4n) is 1.51. The zero-order chi connectivity index (χ0) is 12.4. The highest BCUT2D eigenvalue weighted by atomic mass is 35.5. The maximum Gasteiger partial charge on any atom is 0.341 e. The topological polar surface area (TPSA) is 43.6 Å². The molecule has 0 aliphatic heterocycles. The minimum Gasteiger partial charge on any atom is -0.462 e. The fraction of sp³-hybridized carbons (Fsp3) is 0.273. The number of pyridine rings is 1. The van der Waals surface area contributed by atoms with Crippen LogP contribution in [0.1, 0.15) is 27.8 Å². The lowest BCUT2D eigenvalue weighted by atomic mass is 10.3. The number of carbonyl (C=O) groups is 1. The molecule has 6 heteroatoms. The number of aromatic nitrogens is 2. The average molecular weight is 273 g/mol. The van der Waals surface area contributed by atoms with Crippen molar-refractivity contribution < 1.29 is 9.53 Å². The molecule has 2 aromatic rings. The first kappa shape index (κ1) is 12.2. The third-order valence-corrected chi connectivity index (χ3v) is 2.67. The molecule has 0 aliphatic carbocycles. The van der Waals surface area contributed by atoms with E-state index in [4.69, 9.17) is 27.9 Å². The number of alkyl halides is 2. The molecule has 0 atom stereocenters. The van der Waals surface area contributed by atoms with Gasteiger partial charge in [-0.3, -0.25) is 0 Å². The molecule has 0 saturated heterocycles. The van der Waals surface area contributed by atoms with E-state index in [0.29, 0.717) is 23.5 Å². The SMILES string of the molecule is CCOC(=O)c1cccn2cc(C(Cl)Cl)nc12. The Labute approximate surface area is 108 Å². The second-order valence-electron chi connectivity index (χ2n) is 3.34. The zero-order valence-corrected chi connectivity index (χ0v) is 10.6. The summed E-state index contributed by atoms with van der Waals surface area (Å²) in [5, 5.41) is 0. The van der Waals surface area contributed by atoms with Gasteiger partial charge < -0.3 is 9.14 Å². The van der Waals surface area contributed by atoms with E-state index in [1.165, 1.54) is 0 Å². The van der Waals surface area contributed by atoms with Gasteiger partial charge in [0, 0.05) is 12.4 Å². The molecule has 4 nitrogen and oxygen atoms in total. The summed E-state index contributed by atoms with van der Waals surface area (Å²) in [7, 11) is 0. The summed E-state index contributed by atoms with van der Waals surface area (Å²) in [4.78, 5) is 15.2. The van der Waals surface area contributed by atoms with Crippen LogP contribution in [0.15, 0.2) is 24.5 Å². The van der Waals surface area contributed by atoms with E-state index in [-0.39, 0.29) is 0 Å². The molecule has 90 valence electrons. The van der Waals surface area contributed by atoms with Crippen molar-refractivity contribution in [3.05, 3.63) is 35.8 Å². The third kappa shape index (κ3) is 2.37. The van der Waals surface area contributed by atoms with Crippen LogP contribution in [0.3, 0.4) is 0 Å². The number of hydrogen-bond donors (Lipinski definition) is 0. The number of hydrogen-bond acceptors (Lipinski definition) is 3. The molecule has 0 saturated carbocycles. The van der Waals surface area contributed by atoms with Gasteiger partial charge in [0.1, 0.15) is 5.56 Å². The second kappa shape index (κ2) is 4.94. The monoisotopic (exact) mass is 272 g/mol. The van der Waals surface area contributed by atoms with E-state index in [0.717, 1.165) is 0 Å². The van der Waals surface area contributed by atoms with Crippen molar-refractivity contribution in [2.75, 3.05) is 6.61 Å². The summed E-state index contributed by atoms with van der Waals surface area (Å²) in [5.41, 5.74) is 1.40. The lowest BCUT2D eigenvalue weighted by Crippen LogP contribution is -2.06. The standard InChI is InChI=1S/C11H10Cl2N2O2/c1-2-17-11(16)7-4-3-5-15-6-8(9(12)13)14-10(7)15/h3-6,9H,2H2,1H3. The summed E-state index contributed by atoms with van der Waals surface area (Å²) in [5.74, 6) is -0.407. The Morgan fingerprint density at radius 2 is 2.35 bits per heavy atom. The Kier molecular flexibility index (Phi) is 3.54. The van der Waals surface area contributed by atoms with Crippen LogP contribution in [0.2, 0.25) is 0 Å². The van der Waals surface area contributed by atoms with E-state index in [1.807, 2.05) is 0 Å². The molecule has 0 N–H and O–H groups in total. The highest BCUT2D eigenvalue weighted by Gasteiger charge is 2.16. The first-order chi connectivity index (χ1) is 8.13. The predicted octanol–water partition coefficient (Wildman–Crippen LogP) is 2.99. The van der Waals surface area contributed by atoms with Crippen LogP contribution in [0.25, 0.3) is 5.65 Å². The first-order valence-corrected chi connectivity index (χ1v) is 5.93. The van der Waals surface area contributed by atoms with Crippen molar-refractivity contribution in [1.82, 2.24) is 9.38 Å². The Hall–Kier alpha value is -1.26. The van der Waals surface area contributed by atoms with Crippen molar-refractivity contribution >= 4 is 34.8 Å². The molecule has 0 fully saturated rings. The van der Waals surface area contributed by atoms with Crippen LogP contribution in [0.4, 0.5) is 0 Å². The van der Waals surface area contributed by atoms with Crippen molar-refractivity contribution in [3.63, 3.8) is 0 Å². The molecule has 2 rings (SSSR count). The van der Waals surface area contributed by atoms with Crippen LogP contribution in [-0.4, -0.2) is 22.0 Å². The van der Waals surface area contributed by atoms with E-state index < -0.39 is 10.8 Å². The molecular weight excluding hydrogens is 263 g/mol. The molecule has 2 heterocycles. The maximum absolute atomic E-state index is 11.7. The molecule has 17 heavy (non-hydrogen) atoms. The minimum absolute atomic E-state index is 0.321. The lowest BCUT2D eigenvalue weighted by molar-refractivity contribution is 0.0528. The fourth-order valence-corrected chi connectivity index (χ4v) is 1.72. The molecule has 0 unspecified atom stereocenters. The Morgan fingerprint density at radius 3 is 3.00 bits per heavy atom. The molecular formula is C11H10Cl2N2O2. The summed E-state index contributed by atoms with van der Waals surface area (Å²) in [6.45, 7) is 2.07. The average Bonchev–Trinajstić information content (AvgIpc) is 2.72. The molecule has 2 aromatic heterocycles. The Morgan fingerprint density at radius 1 is 1.59 bits per heavy atom. The van der Waals surface area contributed by atoms with Gasteiger partial charge in [-0.25, -0.2) is 9.78 Å². The van der Waals surface area contributed by atoms with E-state index in [1.54, 1.807) is 35.9 Å². The lowest BCUT2D eigenvalue weighted by Gasteiger charge is -2.02. The van der Waals surface area contributed by atoms with Crippen LogP contribution in [-0.2, 0) is 4.74 Å². The van der Waals surface area contributed by atoms with Gasteiger partial charge in [0.15, 0.2) is 10.5 Å². The predicted molar refractivity (Wildman–Crippen MR) is 65.6 cm³/mol. The summed E-state index contributed by atoms with van der Waals surface area (Å²) in [6.07, 6.45) is 3.45. The van der Waals surface area contributed by atoms with Gasteiger partial charge >= 0.3 is 5.97 Å². The second-order valence-corrected chi connectivity index (χ2v) is 4.44. The van der Waals surface area contributed by atoms with Gasteiger partial charge in [0.2, 0.25) is 0 Å². The molecule has 0 radical (unpaired) electrons. The highest BCUT2D eigenvalue weighted by Crippen LogP contribution is 2.24. The molecule has 0 aromatic carbocycles. The van der Waals surface area contributed by atoms with Gasteiger partial charge in [-0.05, 0) is 19.1 Å². The van der Waals surface area contributed by atoms with E-state index in [9.17, 15) is 4.79 Å². The summed E-state index contributed by atoms with van der Waals surface area (Å²) in [6, 6.07) is 3.39. The van der Waals surface area contributed by atoms with Crippen molar-refractivity contribution in [2.45, 2.75) is 11.8 Å². The zero-order valence-electron chi connectivity index (χ0n) is 9.06. The quantitative estimate of drug-likeness (QED) is 0.637. The number of halogens is 2. The van der Waals surface area contributed by atoms with Gasteiger partial charge in [0.05, 0.1) is 12.3 Å². The minimum atomic E-state index is -0.718. The number of fused-ring (bicyclic) bond motifs is 1. The van der Waals surface area contributed by atoms with Crippen LogP contribution in [0, 0.1) is 0 Å². The molecule has 0 aliphatic rings. The Bertz CT molecular complexity index is 551. The molecule has 0 bridgehead atoms. The molecule has 0 amide bonds. The summed E-state index contributed by atoms with van der Waals surface area (Å²) < 4.78 is 6.64. The highest BCUT2D eigenvalue weighted by molar-refractivity contribution is 6.43. The number of carbonyl (C=O) groups excluding carboxylic acids is 1. The van der Waals surface area contributed by atoms with Gasteiger partial charge in [-0.15, -0.1) is 0 Å². The largest absolute Gasteiger partial charge is 0.462 e. The van der Waals surface area contributed by atoms with Crippen LogP contribution in [0.5, 0.6) is 0 Å². The van der Waals surface area contributed by atoms with Crippen LogP contribution < -0.4 is 0 Å². The summed E-state index contributed by atoms with van der Waals surface area (Å²) >= 11 is 11.5. The van der Waals surface area contributed by atoms with Gasteiger partial charge in [-0.2, -0.15) is 0 Å². The number of rotatable bonds is 3. The van der Waals surface area contributed by atoms with E-state index >= 15 is 0 Å². The number of ether oxygens (including phenoxy) is 1. The number of imidazole rings is 1. The van der Waals surface area contributed by atoms with Gasteiger partial charge in [-0.1, -0.05) is 23.2 Å². The Balaban J connectivity index is 2.53. The normalized spacial score (nSPS) is 11.1. The maximum atomic E-state index is 11.7. The smallest absolute Gasteiger partial charge is 0.341 e. The molecule has 0 spiro atoms.